The zero-order valence-corrected chi connectivity index (χ0v) is 24.3. The number of esters is 1. The van der Waals surface area contributed by atoms with Gasteiger partial charge in [-0.2, -0.15) is 0 Å². The number of ether oxygens (including phenoxy) is 1. The molecule has 0 atom stereocenters. The van der Waals surface area contributed by atoms with Crippen LogP contribution in [0.5, 0.6) is 0 Å². The molecule has 0 saturated heterocycles. The molecule has 0 spiro atoms. The predicted octanol–water partition coefficient (Wildman–Crippen LogP) is 11.7. The maximum Gasteiger partial charge on any atom is 0.305 e. The fraction of sp³-hybridized carbons (Fsp3) is 0.909. The molecule has 2 nitrogen and oxygen atoms in total. The Balaban J connectivity index is 3.19. The molecule has 0 aromatic carbocycles. The summed E-state index contributed by atoms with van der Waals surface area (Å²) in [7, 11) is 0. The van der Waals surface area contributed by atoms with Crippen molar-refractivity contribution >= 4 is 5.97 Å². The minimum absolute atomic E-state index is 0.0153. The lowest BCUT2D eigenvalue weighted by Gasteiger charge is -2.05. The van der Waals surface area contributed by atoms with Crippen LogP contribution in [0.1, 0.15) is 187 Å². The molecular weight excluding hydrogens is 428 g/mol. The molecule has 35 heavy (non-hydrogen) atoms. The number of carbonyl (C=O) groups is 1. The second-order valence-electron chi connectivity index (χ2n) is 10.8. The van der Waals surface area contributed by atoms with Crippen molar-refractivity contribution in [3.63, 3.8) is 0 Å². The summed E-state index contributed by atoms with van der Waals surface area (Å²) in [6, 6.07) is 0. The normalized spacial score (nSPS) is 11.5. The third-order valence-electron chi connectivity index (χ3n) is 7.15. The fourth-order valence-corrected chi connectivity index (χ4v) is 4.72. The molecule has 0 aromatic heterocycles. The number of rotatable bonds is 29. The second kappa shape index (κ2) is 31.2. The average Bonchev–Trinajstić information content (AvgIpc) is 2.86. The summed E-state index contributed by atoms with van der Waals surface area (Å²) in [5.74, 6) is 0.0153. The highest BCUT2D eigenvalue weighted by molar-refractivity contribution is 5.69. The lowest BCUT2D eigenvalue weighted by molar-refractivity contribution is -0.143. The number of unbranched alkanes of at least 4 members (excludes halogenated alkanes) is 23. The van der Waals surface area contributed by atoms with E-state index in [9.17, 15) is 4.79 Å². The van der Waals surface area contributed by atoms with Crippen LogP contribution in [0.4, 0.5) is 0 Å². The second-order valence-corrected chi connectivity index (χ2v) is 10.8. The molecule has 0 aromatic rings. The Kier molecular flexibility index (Phi) is 30.5. The van der Waals surface area contributed by atoms with Crippen molar-refractivity contribution in [3.8, 4) is 0 Å². The molecular formula is C33H64O2. The summed E-state index contributed by atoms with van der Waals surface area (Å²) in [4.78, 5) is 11.9. The van der Waals surface area contributed by atoms with Gasteiger partial charge >= 0.3 is 5.97 Å². The Morgan fingerprint density at radius 2 is 0.800 bits per heavy atom. The van der Waals surface area contributed by atoms with Gasteiger partial charge in [-0.3, -0.25) is 4.79 Å². The van der Waals surface area contributed by atoms with Crippen LogP contribution in [0.3, 0.4) is 0 Å². The van der Waals surface area contributed by atoms with Gasteiger partial charge in [0.05, 0.1) is 6.61 Å². The van der Waals surface area contributed by atoms with Gasteiger partial charge in [-0.05, 0) is 38.5 Å². The van der Waals surface area contributed by atoms with Crippen LogP contribution < -0.4 is 0 Å². The Hall–Kier alpha value is -0.790. The number of carbonyl (C=O) groups excluding carboxylic acids is 1. The van der Waals surface area contributed by atoms with Gasteiger partial charge in [0.15, 0.2) is 0 Å². The summed E-state index contributed by atoms with van der Waals surface area (Å²) < 4.78 is 5.41. The molecule has 0 aliphatic heterocycles. The first kappa shape index (κ1) is 34.2. The zero-order valence-electron chi connectivity index (χ0n) is 24.3. The van der Waals surface area contributed by atoms with E-state index in [4.69, 9.17) is 4.74 Å². The van der Waals surface area contributed by atoms with Gasteiger partial charge in [0.1, 0.15) is 0 Å². The van der Waals surface area contributed by atoms with Gasteiger partial charge in [0.25, 0.3) is 0 Å². The van der Waals surface area contributed by atoms with Crippen LogP contribution in [0.2, 0.25) is 0 Å². The number of hydrogen-bond donors (Lipinski definition) is 0. The van der Waals surface area contributed by atoms with E-state index in [0.29, 0.717) is 13.0 Å². The third-order valence-corrected chi connectivity index (χ3v) is 7.15. The first-order chi connectivity index (χ1) is 17.3. The molecule has 0 amide bonds. The molecule has 0 rings (SSSR count). The monoisotopic (exact) mass is 492 g/mol. The lowest BCUT2D eigenvalue weighted by Crippen LogP contribution is -2.05. The Bertz CT molecular complexity index is 429. The quantitative estimate of drug-likeness (QED) is 0.0589. The average molecular weight is 493 g/mol. The number of hydrogen-bond acceptors (Lipinski definition) is 2. The van der Waals surface area contributed by atoms with E-state index in [1.165, 1.54) is 148 Å². The van der Waals surface area contributed by atoms with Gasteiger partial charge in [-0.1, -0.05) is 154 Å². The first-order valence-electron chi connectivity index (χ1n) is 16.1. The highest BCUT2D eigenvalue weighted by Crippen LogP contribution is 2.13. The summed E-state index contributed by atoms with van der Waals surface area (Å²) in [5.41, 5.74) is 0. The van der Waals surface area contributed by atoms with Crippen LogP contribution in [0.25, 0.3) is 0 Å². The molecule has 0 unspecified atom stereocenters. The predicted molar refractivity (Wildman–Crippen MR) is 156 cm³/mol. The SMILES string of the molecule is CCCCCCCC/C=C\CCCCCCCC(=O)OCCCCCCCCCCCCCCC. The maximum atomic E-state index is 11.9. The standard InChI is InChI=1S/C33H64O2/c1-3-5-7-9-11-13-15-17-18-19-21-23-25-27-29-31-33(34)35-32-30-28-26-24-22-20-16-14-12-10-8-6-4-2/h17-18H,3-16,19-32H2,1-2H3/b18-17-. The maximum absolute atomic E-state index is 11.9. The van der Waals surface area contributed by atoms with Gasteiger partial charge in [-0.25, -0.2) is 0 Å². The molecule has 0 aliphatic carbocycles. The lowest BCUT2D eigenvalue weighted by atomic mass is 10.0. The molecule has 0 saturated carbocycles. The van der Waals surface area contributed by atoms with Crippen LogP contribution in [0, 0.1) is 0 Å². The van der Waals surface area contributed by atoms with Gasteiger partial charge < -0.3 is 4.74 Å². The van der Waals surface area contributed by atoms with E-state index < -0.39 is 0 Å². The van der Waals surface area contributed by atoms with Gasteiger partial charge in [0, 0.05) is 6.42 Å². The molecule has 0 bridgehead atoms. The molecule has 0 radical (unpaired) electrons. The van der Waals surface area contributed by atoms with Crippen molar-refractivity contribution in [2.75, 3.05) is 6.61 Å². The number of allylic oxidation sites excluding steroid dienone is 2. The topological polar surface area (TPSA) is 26.3 Å². The fourth-order valence-electron chi connectivity index (χ4n) is 4.72. The summed E-state index contributed by atoms with van der Waals surface area (Å²) in [6.45, 7) is 5.19. The summed E-state index contributed by atoms with van der Waals surface area (Å²) >= 11 is 0. The van der Waals surface area contributed by atoms with Crippen molar-refractivity contribution in [3.05, 3.63) is 12.2 Å². The smallest absolute Gasteiger partial charge is 0.305 e. The van der Waals surface area contributed by atoms with E-state index in [-0.39, 0.29) is 5.97 Å². The first-order valence-corrected chi connectivity index (χ1v) is 16.1. The molecule has 208 valence electrons. The molecule has 2 heteroatoms. The summed E-state index contributed by atoms with van der Waals surface area (Å²) in [6.07, 6.45) is 39.7. The Labute approximate surface area is 221 Å². The highest BCUT2D eigenvalue weighted by atomic mass is 16.5. The van der Waals surface area contributed by atoms with E-state index in [0.717, 1.165) is 19.3 Å². The van der Waals surface area contributed by atoms with Crippen LogP contribution in [0.15, 0.2) is 12.2 Å². The van der Waals surface area contributed by atoms with E-state index in [1.807, 2.05) is 0 Å². The highest BCUT2D eigenvalue weighted by Gasteiger charge is 2.02. The molecule has 0 N–H and O–H groups in total. The molecule has 0 fully saturated rings. The minimum atomic E-state index is 0.0153. The van der Waals surface area contributed by atoms with Gasteiger partial charge in [-0.15, -0.1) is 0 Å². The van der Waals surface area contributed by atoms with Crippen molar-refractivity contribution in [2.24, 2.45) is 0 Å². The minimum Gasteiger partial charge on any atom is -0.466 e. The van der Waals surface area contributed by atoms with Gasteiger partial charge in [0.2, 0.25) is 0 Å². The Morgan fingerprint density at radius 1 is 0.457 bits per heavy atom. The summed E-state index contributed by atoms with van der Waals surface area (Å²) in [5, 5.41) is 0. The molecule has 0 aliphatic rings. The Morgan fingerprint density at radius 3 is 1.23 bits per heavy atom. The van der Waals surface area contributed by atoms with Crippen LogP contribution >= 0.6 is 0 Å². The van der Waals surface area contributed by atoms with Crippen molar-refractivity contribution in [1.29, 1.82) is 0 Å². The van der Waals surface area contributed by atoms with E-state index in [1.54, 1.807) is 0 Å². The largest absolute Gasteiger partial charge is 0.466 e. The van der Waals surface area contributed by atoms with Crippen LogP contribution in [-0.4, -0.2) is 12.6 Å². The van der Waals surface area contributed by atoms with E-state index in [2.05, 4.69) is 26.0 Å². The molecule has 0 heterocycles. The van der Waals surface area contributed by atoms with Crippen molar-refractivity contribution in [1.82, 2.24) is 0 Å². The van der Waals surface area contributed by atoms with Crippen LogP contribution in [-0.2, 0) is 9.53 Å². The third kappa shape index (κ3) is 31.2. The van der Waals surface area contributed by atoms with E-state index >= 15 is 0 Å². The zero-order chi connectivity index (χ0) is 25.5. The van der Waals surface area contributed by atoms with Crippen molar-refractivity contribution in [2.45, 2.75) is 187 Å². The van der Waals surface area contributed by atoms with Crippen molar-refractivity contribution < 1.29 is 9.53 Å².